The SMILES string of the molecule is CC(C)CCCC(C)[C@H]1CCC2C3CC=C4C[C@@H](OC5C[C@@H](OC(=O)c6ccccc6)[C@H](C)[C@@H](COC(=O)c6ccccc6)O5)CC[C@]4(C)C3CC[C@@]21C. The first kappa shape index (κ1) is 39.3. The maximum Gasteiger partial charge on any atom is 0.338 e. The van der Waals surface area contributed by atoms with E-state index < -0.39 is 24.5 Å². The van der Waals surface area contributed by atoms with Crippen LogP contribution in [-0.4, -0.2) is 43.1 Å². The molecule has 12 atom stereocenters. The minimum Gasteiger partial charge on any atom is -0.459 e. The molecule has 4 aliphatic carbocycles. The maximum absolute atomic E-state index is 13.2. The molecule has 5 unspecified atom stereocenters. The number of carbonyl (C=O) groups is 2. The first-order valence-electron chi connectivity index (χ1n) is 21.4. The fraction of sp³-hybridized carbons (Fsp3) is 0.667. The van der Waals surface area contributed by atoms with Gasteiger partial charge in [0.15, 0.2) is 6.29 Å². The van der Waals surface area contributed by atoms with Gasteiger partial charge < -0.3 is 18.9 Å². The Morgan fingerprint density at radius 3 is 2.26 bits per heavy atom. The Morgan fingerprint density at radius 2 is 1.56 bits per heavy atom. The van der Waals surface area contributed by atoms with Crippen LogP contribution in [0, 0.1) is 52.3 Å². The van der Waals surface area contributed by atoms with Gasteiger partial charge in [0.2, 0.25) is 0 Å². The van der Waals surface area contributed by atoms with Crippen molar-refractivity contribution in [3.05, 3.63) is 83.4 Å². The van der Waals surface area contributed by atoms with E-state index in [1.807, 2.05) is 43.3 Å². The molecule has 0 amide bonds. The number of esters is 2. The van der Waals surface area contributed by atoms with Gasteiger partial charge in [-0.2, -0.15) is 0 Å². The van der Waals surface area contributed by atoms with Crippen LogP contribution in [0.15, 0.2) is 72.3 Å². The molecule has 5 aliphatic rings. The third kappa shape index (κ3) is 8.12. The van der Waals surface area contributed by atoms with E-state index in [0.29, 0.717) is 23.0 Å². The summed E-state index contributed by atoms with van der Waals surface area (Å²) in [7, 11) is 0. The smallest absolute Gasteiger partial charge is 0.338 e. The summed E-state index contributed by atoms with van der Waals surface area (Å²) in [4.78, 5) is 26.1. The molecule has 3 saturated carbocycles. The van der Waals surface area contributed by atoms with E-state index in [0.717, 1.165) is 54.8 Å². The zero-order chi connectivity index (χ0) is 38.0. The van der Waals surface area contributed by atoms with Gasteiger partial charge in [0.25, 0.3) is 0 Å². The second-order valence-corrected chi connectivity index (χ2v) is 18.8. The van der Waals surface area contributed by atoms with Crippen molar-refractivity contribution in [1.29, 1.82) is 0 Å². The van der Waals surface area contributed by atoms with E-state index in [1.54, 1.807) is 29.8 Å². The van der Waals surface area contributed by atoms with Gasteiger partial charge in [-0.15, -0.1) is 0 Å². The summed E-state index contributed by atoms with van der Waals surface area (Å²) in [6, 6.07) is 18.1. The average Bonchev–Trinajstić information content (AvgIpc) is 3.53. The standard InChI is InChI=1S/C48H66O6/c1-31(2)14-13-15-32(3)39-22-23-40-38-21-20-36-28-37(24-26-47(36,5)41(38)25-27-48(39,40)6)52-44-29-42(54-46(50)35-18-11-8-12-19-35)33(4)43(53-44)30-51-45(49)34-16-9-7-10-17-34/h7-12,16-20,31-33,37-44H,13-15,21-30H2,1-6H3/t32?,33-,37-,38?,39+,40?,41?,42+,43+,44?,47-,48+/m0/s1. The van der Waals surface area contributed by atoms with Crippen molar-refractivity contribution >= 4 is 11.9 Å². The van der Waals surface area contributed by atoms with Crippen molar-refractivity contribution in [2.45, 2.75) is 143 Å². The summed E-state index contributed by atoms with van der Waals surface area (Å²) >= 11 is 0. The molecule has 1 heterocycles. The minimum atomic E-state index is -0.560. The van der Waals surface area contributed by atoms with E-state index in [1.165, 1.54) is 51.4 Å². The van der Waals surface area contributed by atoms with Crippen LogP contribution in [0.3, 0.4) is 0 Å². The van der Waals surface area contributed by atoms with Gasteiger partial charge >= 0.3 is 11.9 Å². The Bertz CT molecular complexity index is 1600. The Labute approximate surface area is 325 Å². The largest absolute Gasteiger partial charge is 0.459 e. The van der Waals surface area contributed by atoms with Crippen LogP contribution in [0.5, 0.6) is 0 Å². The molecule has 2 aromatic carbocycles. The predicted octanol–water partition coefficient (Wildman–Crippen LogP) is 11.2. The molecule has 294 valence electrons. The quantitative estimate of drug-likeness (QED) is 0.159. The van der Waals surface area contributed by atoms with E-state index in [4.69, 9.17) is 18.9 Å². The number of hydrogen-bond acceptors (Lipinski definition) is 6. The molecule has 0 aromatic heterocycles. The summed E-state index contributed by atoms with van der Waals surface area (Å²) in [6.45, 7) is 14.6. The monoisotopic (exact) mass is 738 g/mol. The minimum absolute atomic E-state index is 0.0358. The van der Waals surface area contributed by atoms with Gasteiger partial charge in [-0.25, -0.2) is 9.59 Å². The van der Waals surface area contributed by atoms with Gasteiger partial charge in [0, 0.05) is 12.3 Å². The van der Waals surface area contributed by atoms with Crippen molar-refractivity contribution in [1.82, 2.24) is 0 Å². The first-order chi connectivity index (χ1) is 26.0. The fourth-order valence-electron chi connectivity index (χ4n) is 12.0. The van der Waals surface area contributed by atoms with Crippen LogP contribution in [0.25, 0.3) is 0 Å². The third-order valence-electron chi connectivity index (χ3n) is 15.2. The maximum atomic E-state index is 13.2. The van der Waals surface area contributed by atoms with Crippen LogP contribution >= 0.6 is 0 Å². The molecule has 1 aliphatic heterocycles. The van der Waals surface area contributed by atoms with E-state index in [9.17, 15) is 9.59 Å². The van der Waals surface area contributed by atoms with Crippen molar-refractivity contribution in [3.8, 4) is 0 Å². The lowest BCUT2D eigenvalue weighted by Gasteiger charge is -2.58. The molecule has 0 radical (unpaired) electrons. The highest BCUT2D eigenvalue weighted by atomic mass is 16.7. The molecular weight excluding hydrogens is 673 g/mol. The number of rotatable bonds is 12. The molecule has 2 aromatic rings. The molecule has 54 heavy (non-hydrogen) atoms. The highest BCUT2D eigenvalue weighted by Crippen LogP contribution is 2.67. The number of benzene rings is 2. The summed E-state index contributed by atoms with van der Waals surface area (Å²) in [5.74, 6) is 3.96. The van der Waals surface area contributed by atoms with E-state index in [2.05, 4.69) is 40.7 Å². The van der Waals surface area contributed by atoms with Crippen LogP contribution in [0.1, 0.15) is 139 Å². The lowest BCUT2D eigenvalue weighted by Crippen LogP contribution is -2.52. The van der Waals surface area contributed by atoms with Crippen molar-refractivity contribution in [2.24, 2.45) is 52.3 Å². The first-order valence-corrected chi connectivity index (χ1v) is 21.4. The van der Waals surface area contributed by atoms with Crippen molar-refractivity contribution in [2.75, 3.05) is 6.61 Å². The lowest BCUT2D eigenvalue weighted by atomic mass is 9.47. The highest BCUT2D eigenvalue weighted by Gasteiger charge is 2.59. The van der Waals surface area contributed by atoms with Crippen molar-refractivity contribution in [3.63, 3.8) is 0 Å². The molecule has 6 nitrogen and oxygen atoms in total. The van der Waals surface area contributed by atoms with Crippen LogP contribution in [0.4, 0.5) is 0 Å². The second-order valence-electron chi connectivity index (χ2n) is 18.8. The van der Waals surface area contributed by atoms with E-state index >= 15 is 0 Å². The topological polar surface area (TPSA) is 71.1 Å². The van der Waals surface area contributed by atoms with Gasteiger partial charge in [-0.1, -0.05) is 109 Å². The Balaban J connectivity index is 1.01. The molecule has 6 heteroatoms. The number of carbonyl (C=O) groups excluding carboxylic acids is 2. The zero-order valence-corrected chi connectivity index (χ0v) is 33.8. The van der Waals surface area contributed by atoms with Gasteiger partial charge in [-0.3, -0.25) is 0 Å². The molecular formula is C48H66O6. The van der Waals surface area contributed by atoms with Gasteiger partial charge in [0.05, 0.1) is 17.2 Å². The average molecular weight is 739 g/mol. The van der Waals surface area contributed by atoms with Gasteiger partial charge in [0.1, 0.15) is 18.8 Å². The normalized spacial score (nSPS) is 36.6. The fourth-order valence-corrected chi connectivity index (χ4v) is 12.0. The Hall–Kier alpha value is -2.96. The number of hydrogen-bond donors (Lipinski definition) is 0. The summed E-state index contributed by atoms with van der Waals surface area (Å²) in [5.41, 5.74) is 3.32. The summed E-state index contributed by atoms with van der Waals surface area (Å²) in [6.07, 6.45) is 15.6. The molecule has 4 fully saturated rings. The second kappa shape index (κ2) is 16.6. The van der Waals surface area contributed by atoms with Crippen LogP contribution < -0.4 is 0 Å². The van der Waals surface area contributed by atoms with E-state index in [-0.39, 0.29) is 30.0 Å². The van der Waals surface area contributed by atoms with Gasteiger partial charge in [-0.05, 0) is 122 Å². The third-order valence-corrected chi connectivity index (χ3v) is 15.2. The number of ether oxygens (including phenoxy) is 4. The Kier molecular flexibility index (Phi) is 12.1. The Morgan fingerprint density at radius 1 is 0.852 bits per heavy atom. The molecule has 1 saturated heterocycles. The molecule has 0 N–H and O–H groups in total. The number of fused-ring (bicyclic) bond motifs is 5. The number of allylic oxidation sites excluding steroid dienone is 1. The molecule has 0 bridgehead atoms. The summed E-state index contributed by atoms with van der Waals surface area (Å²) < 4.78 is 25.3. The summed E-state index contributed by atoms with van der Waals surface area (Å²) in [5, 5.41) is 0. The highest BCUT2D eigenvalue weighted by molar-refractivity contribution is 5.89. The zero-order valence-electron chi connectivity index (χ0n) is 33.8. The molecule has 0 spiro atoms. The molecule has 7 rings (SSSR count). The lowest BCUT2D eigenvalue weighted by molar-refractivity contribution is -0.257. The van der Waals surface area contributed by atoms with Crippen LogP contribution in [-0.2, 0) is 18.9 Å². The van der Waals surface area contributed by atoms with Crippen molar-refractivity contribution < 1.29 is 28.5 Å². The van der Waals surface area contributed by atoms with Crippen LogP contribution in [0.2, 0.25) is 0 Å². The predicted molar refractivity (Wildman–Crippen MR) is 213 cm³/mol.